The summed E-state index contributed by atoms with van der Waals surface area (Å²) in [6.45, 7) is 14.4. The van der Waals surface area contributed by atoms with Gasteiger partial charge in [0.05, 0.1) is 11.4 Å². The van der Waals surface area contributed by atoms with Gasteiger partial charge in [0, 0.05) is 17.4 Å². The maximum Gasteiger partial charge on any atom is 0.228 e. The Morgan fingerprint density at radius 1 is 1.26 bits per heavy atom. The molecule has 1 aromatic heterocycles. The number of rotatable bonds is 4. The fourth-order valence-corrected chi connectivity index (χ4v) is 3.18. The lowest BCUT2D eigenvalue weighted by Crippen LogP contribution is -2.48. The van der Waals surface area contributed by atoms with Gasteiger partial charge in [-0.25, -0.2) is 4.68 Å². The van der Waals surface area contributed by atoms with E-state index in [1.807, 2.05) is 17.7 Å². The topological polar surface area (TPSA) is 59.0 Å². The first-order valence-corrected chi connectivity index (χ1v) is 9.36. The Bertz CT molecular complexity index is 818. The highest BCUT2D eigenvalue weighted by molar-refractivity contribution is 5.92. The van der Waals surface area contributed by atoms with Crippen LogP contribution in [0.4, 0.5) is 5.82 Å². The van der Waals surface area contributed by atoms with Gasteiger partial charge >= 0.3 is 0 Å². The van der Waals surface area contributed by atoms with Crippen LogP contribution < -0.4 is 10.6 Å². The van der Waals surface area contributed by atoms with E-state index in [9.17, 15) is 4.79 Å². The highest BCUT2D eigenvalue weighted by Gasteiger charge is 2.30. The van der Waals surface area contributed by atoms with Crippen LogP contribution in [0.5, 0.6) is 0 Å². The van der Waals surface area contributed by atoms with Crippen molar-refractivity contribution in [3.8, 4) is 5.69 Å². The number of carbonyl (C=O) groups excluding carboxylic acids is 1. The molecule has 3 rings (SSSR count). The van der Waals surface area contributed by atoms with Crippen molar-refractivity contribution in [2.24, 2.45) is 11.8 Å². The summed E-state index contributed by atoms with van der Waals surface area (Å²) >= 11 is 0. The summed E-state index contributed by atoms with van der Waals surface area (Å²) in [5.41, 5.74) is 4.23. The summed E-state index contributed by atoms with van der Waals surface area (Å²) in [7, 11) is 0. The minimum absolute atomic E-state index is 0. The van der Waals surface area contributed by atoms with E-state index in [1.54, 1.807) is 0 Å². The third-order valence-corrected chi connectivity index (χ3v) is 5.24. The van der Waals surface area contributed by atoms with Gasteiger partial charge in [0.25, 0.3) is 0 Å². The molecule has 1 unspecified atom stereocenters. The second kappa shape index (κ2) is 8.03. The summed E-state index contributed by atoms with van der Waals surface area (Å²) < 4.78 is 1.87. The number of aryl methyl sites for hydroxylation is 2. The number of carbonyl (C=O) groups is 1. The number of hydrogen-bond acceptors (Lipinski definition) is 3. The molecular formula is C21H31ClN4O. The Hall–Kier alpha value is -1.85. The predicted molar refractivity (Wildman–Crippen MR) is 113 cm³/mol. The summed E-state index contributed by atoms with van der Waals surface area (Å²) in [5.74, 6) is 1.19. The second-order valence-electron chi connectivity index (χ2n) is 8.56. The minimum Gasteiger partial charge on any atom is -0.316 e. The van der Waals surface area contributed by atoms with E-state index < -0.39 is 0 Å². The molecule has 5 nitrogen and oxygen atoms in total. The Kier molecular flexibility index (Phi) is 6.38. The van der Waals surface area contributed by atoms with Gasteiger partial charge in [0.1, 0.15) is 5.82 Å². The van der Waals surface area contributed by atoms with Crippen molar-refractivity contribution in [1.82, 2.24) is 15.1 Å². The molecule has 0 saturated carbocycles. The number of nitrogens with one attached hydrogen (secondary N) is 2. The smallest absolute Gasteiger partial charge is 0.228 e. The lowest BCUT2D eigenvalue weighted by molar-refractivity contribution is -0.121. The van der Waals surface area contributed by atoms with Gasteiger partial charge in [-0.1, -0.05) is 45.4 Å². The molecule has 1 aliphatic heterocycles. The van der Waals surface area contributed by atoms with E-state index in [4.69, 9.17) is 5.10 Å². The van der Waals surface area contributed by atoms with Crippen molar-refractivity contribution in [3.63, 3.8) is 0 Å². The lowest BCUT2D eigenvalue weighted by atomic mass is 9.88. The standard InChI is InChI=1S/C21H30N4O.ClH/c1-13-7-8-17(14(2)9-13)25-19(10-18(24-25)21(4,5)6)23-20(26)15(3)16-11-22-12-16;/h7-10,15-16,22H,11-12H2,1-6H3,(H,23,26);1H. The molecule has 27 heavy (non-hydrogen) atoms. The zero-order chi connectivity index (χ0) is 19.1. The van der Waals surface area contributed by atoms with Crippen LogP contribution in [-0.2, 0) is 10.2 Å². The van der Waals surface area contributed by atoms with Crippen molar-refractivity contribution < 1.29 is 4.79 Å². The highest BCUT2D eigenvalue weighted by atomic mass is 35.5. The maximum absolute atomic E-state index is 12.7. The van der Waals surface area contributed by atoms with E-state index in [0.717, 1.165) is 35.9 Å². The summed E-state index contributed by atoms with van der Waals surface area (Å²) in [5, 5.41) is 11.2. The van der Waals surface area contributed by atoms with E-state index in [0.29, 0.717) is 5.92 Å². The van der Waals surface area contributed by atoms with Crippen LogP contribution in [0.2, 0.25) is 0 Å². The van der Waals surface area contributed by atoms with Gasteiger partial charge < -0.3 is 10.6 Å². The quantitative estimate of drug-likeness (QED) is 0.829. The van der Waals surface area contributed by atoms with E-state index in [-0.39, 0.29) is 29.6 Å². The van der Waals surface area contributed by atoms with Crippen LogP contribution in [0.3, 0.4) is 0 Å². The molecule has 0 bridgehead atoms. The van der Waals surface area contributed by atoms with Crippen LogP contribution in [0.15, 0.2) is 24.3 Å². The van der Waals surface area contributed by atoms with Crippen LogP contribution in [0, 0.1) is 25.7 Å². The molecule has 148 valence electrons. The number of benzene rings is 1. The van der Waals surface area contributed by atoms with E-state index >= 15 is 0 Å². The number of anilines is 1. The summed E-state index contributed by atoms with van der Waals surface area (Å²) in [6, 6.07) is 8.29. The monoisotopic (exact) mass is 390 g/mol. The number of hydrogen-bond donors (Lipinski definition) is 2. The Morgan fingerprint density at radius 2 is 1.93 bits per heavy atom. The lowest BCUT2D eigenvalue weighted by Gasteiger charge is -2.31. The van der Waals surface area contributed by atoms with Crippen molar-refractivity contribution in [2.45, 2.75) is 47.0 Å². The third-order valence-electron chi connectivity index (χ3n) is 5.24. The second-order valence-corrected chi connectivity index (χ2v) is 8.56. The van der Waals surface area contributed by atoms with Crippen LogP contribution in [0.25, 0.3) is 5.69 Å². The molecule has 1 saturated heterocycles. The van der Waals surface area contributed by atoms with Gasteiger partial charge in [-0.2, -0.15) is 5.10 Å². The first-order valence-electron chi connectivity index (χ1n) is 9.36. The molecule has 2 N–H and O–H groups in total. The highest BCUT2D eigenvalue weighted by Crippen LogP contribution is 2.28. The molecule has 0 radical (unpaired) electrons. The third kappa shape index (κ3) is 4.53. The van der Waals surface area contributed by atoms with Gasteiger partial charge in [0.15, 0.2) is 0 Å². The van der Waals surface area contributed by atoms with Gasteiger partial charge in [0.2, 0.25) is 5.91 Å². The zero-order valence-corrected chi connectivity index (χ0v) is 17.9. The number of nitrogens with zero attached hydrogens (tertiary/aromatic N) is 2. The van der Waals surface area contributed by atoms with Crippen LogP contribution >= 0.6 is 12.4 Å². The molecule has 1 aromatic carbocycles. The molecule has 1 atom stereocenters. The predicted octanol–water partition coefficient (Wildman–Crippen LogP) is 4.00. The fourth-order valence-electron chi connectivity index (χ4n) is 3.18. The van der Waals surface area contributed by atoms with Crippen LogP contribution in [0.1, 0.15) is 44.5 Å². The molecule has 1 amide bonds. The summed E-state index contributed by atoms with van der Waals surface area (Å²) in [4.78, 5) is 12.7. The first kappa shape index (κ1) is 21.5. The van der Waals surface area contributed by atoms with Crippen LogP contribution in [-0.4, -0.2) is 28.8 Å². The minimum atomic E-state index is -0.0904. The van der Waals surface area contributed by atoms with Gasteiger partial charge in [-0.05, 0) is 44.5 Å². The number of amides is 1. The Balaban J connectivity index is 0.00000261. The molecule has 0 aliphatic carbocycles. The van der Waals surface area contributed by atoms with Crippen molar-refractivity contribution in [1.29, 1.82) is 0 Å². The van der Waals surface area contributed by atoms with Crippen molar-refractivity contribution in [3.05, 3.63) is 41.1 Å². The largest absolute Gasteiger partial charge is 0.316 e. The Morgan fingerprint density at radius 3 is 2.44 bits per heavy atom. The molecule has 2 aromatic rings. The summed E-state index contributed by atoms with van der Waals surface area (Å²) in [6.07, 6.45) is 0. The number of aromatic nitrogens is 2. The Labute approximate surface area is 168 Å². The number of halogens is 1. The van der Waals surface area contributed by atoms with E-state index in [2.05, 4.69) is 63.5 Å². The first-order chi connectivity index (χ1) is 12.2. The molecule has 0 spiro atoms. The molecule has 1 aliphatic rings. The van der Waals surface area contributed by atoms with E-state index in [1.165, 1.54) is 5.56 Å². The normalized spacial score (nSPS) is 15.6. The van der Waals surface area contributed by atoms with Gasteiger partial charge in [-0.15, -0.1) is 12.4 Å². The average Bonchev–Trinajstić information content (AvgIpc) is 2.89. The fraction of sp³-hybridized carbons (Fsp3) is 0.524. The van der Waals surface area contributed by atoms with Crippen molar-refractivity contribution in [2.75, 3.05) is 18.4 Å². The molecule has 1 fully saturated rings. The average molecular weight is 391 g/mol. The van der Waals surface area contributed by atoms with Crippen molar-refractivity contribution >= 4 is 24.1 Å². The van der Waals surface area contributed by atoms with Gasteiger partial charge in [-0.3, -0.25) is 4.79 Å². The zero-order valence-electron chi connectivity index (χ0n) is 17.1. The SMILES string of the molecule is Cc1ccc(-n2nc(C(C)(C)C)cc2NC(=O)C(C)C2CNC2)c(C)c1.Cl. The molecule has 2 heterocycles. The molecular weight excluding hydrogens is 360 g/mol. The maximum atomic E-state index is 12.7. The molecule has 6 heteroatoms.